The highest BCUT2D eigenvalue weighted by Crippen LogP contribution is 2.34. The Hall–Kier alpha value is -3.16. The van der Waals surface area contributed by atoms with Crippen LogP contribution in [0.3, 0.4) is 0 Å². The molecule has 4 amide bonds. The van der Waals surface area contributed by atoms with E-state index in [0.717, 1.165) is 16.8 Å². The molecule has 8 nitrogen and oxygen atoms in total. The van der Waals surface area contributed by atoms with Gasteiger partial charge in [-0.1, -0.05) is 35.5 Å². The van der Waals surface area contributed by atoms with E-state index in [2.05, 4.69) is 15.8 Å². The number of piperidine rings is 1. The number of benzene rings is 1. The zero-order chi connectivity index (χ0) is 21.3. The van der Waals surface area contributed by atoms with Crippen LogP contribution in [0.1, 0.15) is 35.4 Å². The van der Waals surface area contributed by atoms with Crippen molar-refractivity contribution in [1.82, 2.24) is 20.7 Å². The Morgan fingerprint density at radius 3 is 2.47 bits per heavy atom. The summed E-state index contributed by atoms with van der Waals surface area (Å²) in [7, 11) is 0. The number of imide groups is 1. The third-order valence-corrected chi connectivity index (χ3v) is 6.35. The standard InChI is InChI=1S/C22H26N4O4/c1-14-18(15(2)30-25-14)12-19(27)26-10-8-17(9-11-26)22(20(28)23-21(29)24-22)13-16-6-4-3-5-7-16/h3-7,17H,8-13H2,1-2H3,(H2,23,24,28,29). The van der Waals surface area contributed by atoms with Gasteiger partial charge < -0.3 is 14.7 Å². The Morgan fingerprint density at radius 2 is 1.90 bits per heavy atom. The summed E-state index contributed by atoms with van der Waals surface area (Å²) in [6, 6.07) is 9.24. The van der Waals surface area contributed by atoms with Gasteiger partial charge in [0.25, 0.3) is 5.91 Å². The molecule has 1 aromatic carbocycles. The van der Waals surface area contributed by atoms with E-state index in [9.17, 15) is 14.4 Å². The number of carbonyl (C=O) groups is 3. The fourth-order valence-electron chi connectivity index (χ4n) is 4.62. The van der Waals surface area contributed by atoms with Crippen molar-refractivity contribution in [3.05, 3.63) is 52.9 Å². The van der Waals surface area contributed by atoms with Crippen molar-refractivity contribution in [2.75, 3.05) is 13.1 Å². The van der Waals surface area contributed by atoms with E-state index in [-0.39, 0.29) is 24.2 Å². The number of hydrogen-bond donors (Lipinski definition) is 2. The van der Waals surface area contributed by atoms with E-state index in [1.807, 2.05) is 49.1 Å². The number of nitrogens with zero attached hydrogens (tertiary/aromatic N) is 2. The topological polar surface area (TPSA) is 105 Å². The summed E-state index contributed by atoms with van der Waals surface area (Å²) < 4.78 is 5.15. The molecule has 2 aliphatic rings. The molecule has 2 aliphatic heterocycles. The molecule has 8 heteroatoms. The summed E-state index contributed by atoms with van der Waals surface area (Å²) in [6.07, 6.45) is 1.99. The largest absolute Gasteiger partial charge is 0.361 e. The van der Waals surface area contributed by atoms with Gasteiger partial charge in [-0.3, -0.25) is 14.9 Å². The number of carbonyl (C=O) groups excluding carboxylic acids is 3. The van der Waals surface area contributed by atoms with E-state index >= 15 is 0 Å². The van der Waals surface area contributed by atoms with Crippen LogP contribution in [0, 0.1) is 19.8 Å². The first-order valence-corrected chi connectivity index (χ1v) is 10.3. The molecule has 30 heavy (non-hydrogen) atoms. The van der Waals surface area contributed by atoms with Crippen LogP contribution in [-0.4, -0.2) is 46.5 Å². The zero-order valence-electron chi connectivity index (χ0n) is 17.2. The summed E-state index contributed by atoms with van der Waals surface area (Å²) >= 11 is 0. The third kappa shape index (κ3) is 3.69. The summed E-state index contributed by atoms with van der Waals surface area (Å²) in [5.41, 5.74) is 1.59. The van der Waals surface area contributed by atoms with Gasteiger partial charge in [-0.15, -0.1) is 0 Å². The minimum absolute atomic E-state index is 0.0277. The number of hydrogen-bond acceptors (Lipinski definition) is 5. The number of rotatable bonds is 5. The van der Waals surface area contributed by atoms with Crippen LogP contribution in [0.4, 0.5) is 4.79 Å². The number of aryl methyl sites for hydroxylation is 2. The molecule has 2 fully saturated rings. The van der Waals surface area contributed by atoms with Crippen LogP contribution in [0.25, 0.3) is 0 Å². The van der Waals surface area contributed by atoms with Crippen LogP contribution >= 0.6 is 0 Å². The molecular formula is C22H26N4O4. The zero-order valence-corrected chi connectivity index (χ0v) is 17.2. The molecule has 0 aliphatic carbocycles. The fourth-order valence-corrected chi connectivity index (χ4v) is 4.62. The number of urea groups is 1. The second kappa shape index (κ2) is 7.93. The average Bonchev–Trinajstić information content (AvgIpc) is 3.21. The van der Waals surface area contributed by atoms with Crippen LogP contribution in [0.5, 0.6) is 0 Å². The Labute approximate surface area is 175 Å². The Balaban J connectivity index is 1.46. The normalized spacial score (nSPS) is 22.1. The highest BCUT2D eigenvalue weighted by atomic mass is 16.5. The molecule has 0 saturated carbocycles. The molecule has 2 aromatic rings. The van der Waals surface area contributed by atoms with Crippen LogP contribution < -0.4 is 10.6 Å². The minimum atomic E-state index is -0.977. The van der Waals surface area contributed by atoms with Crippen LogP contribution in [0.2, 0.25) is 0 Å². The van der Waals surface area contributed by atoms with E-state index in [4.69, 9.17) is 4.52 Å². The summed E-state index contributed by atoms with van der Waals surface area (Å²) in [6.45, 7) is 4.74. The monoisotopic (exact) mass is 410 g/mol. The molecule has 1 atom stereocenters. The van der Waals surface area contributed by atoms with Gasteiger partial charge in [0.1, 0.15) is 11.3 Å². The van der Waals surface area contributed by atoms with Gasteiger partial charge in [0, 0.05) is 25.1 Å². The Kier molecular flexibility index (Phi) is 5.32. The minimum Gasteiger partial charge on any atom is -0.361 e. The molecule has 1 unspecified atom stereocenters. The van der Waals surface area contributed by atoms with Gasteiger partial charge in [-0.25, -0.2) is 4.79 Å². The van der Waals surface area contributed by atoms with Crippen molar-refractivity contribution in [3.63, 3.8) is 0 Å². The van der Waals surface area contributed by atoms with Crippen molar-refractivity contribution in [2.45, 2.75) is 45.1 Å². The molecule has 4 rings (SSSR count). The maximum atomic E-state index is 12.8. The van der Waals surface area contributed by atoms with Gasteiger partial charge >= 0.3 is 6.03 Å². The summed E-state index contributed by atoms with van der Waals surface area (Å²) in [4.78, 5) is 39.4. The summed E-state index contributed by atoms with van der Waals surface area (Å²) in [5.74, 6) is 0.367. The van der Waals surface area contributed by atoms with Crippen molar-refractivity contribution >= 4 is 17.8 Å². The molecule has 0 spiro atoms. The van der Waals surface area contributed by atoms with Gasteiger partial charge in [-0.2, -0.15) is 0 Å². The predicted octanol–water partition coefficient (Wildman–Crippen LogP) is 1.89. The molecule has 0 bridgehead atoms. The van der Waals surface area contributed by atoms with E-state index in [1.165, 1.54) is 0 Å². The van der Waals surface area contributed by atoms with Crippen molar-refractivity contribution in [3.8, 4) is 0 Å². The SMILES string of the molecule is Cc1noc(C)c1CC(=O)N1CCC(C2(Cc3ccccc3)NC(=O)NC2=O)CC1. The average molecular weight is 410 g/mol. The molecule has 2 N–H and O–H groups in total. The van der Waals surface area contributed by atoms with Gasteiger partial charge in [-0.05, 0) is 38.2 Å². The lowest BCUT2D eigenvalue weighted by Crippen LogP contribution is -2.58. The lowest BCUT2D eigenvalue weighted by Gasteiger charge is -2.40. The third-order valence-electron chi connectivity index (χ3n) is 6.35. The van der Waals surface area contributed by atoms with Gasteiger partial charge in [0.15, 0.2) is 0 Å². The fraction of sp³-hybridized carbons (Fsp3) is 0.455. The number of amides is 4. The van der Waals surface area contributed by atoms with Gasteiger partial charge in [0.2, 0.25) is 5.91 Å². The first-order chi connectivity index (χ1) is 14.4. The van der Waals surface area contributed by atoms with Crippen molar-refractivity contribution in [1.29, 1.82) is 0 Å². The summed E-state index contributed by atoms with van der Waals surface area (Å²) in [5, 5.41) is 9.23. The lowest BCUT2D eigenvalue weighted by molar-refractivity contribution is -0.133. The second-order valence-electron chi connectivity index (χ2n) is 8.18. The van der Waals surface area contributed by atoms with E-state index in [1.54, 1.807) is 0 Å². The second-order valence-corrected chi connectivity index (χ2v) is 8.18. The first kappa shape index (κ1) is 20.1. The van der Waals surface area contributed by atoms with E-state index in [0.29, 0.717) is 38.1 Å². The smallest absolute Gasteiger partial charge is 0.322 e. The predicted molar refractivity (Wildman–Crippen MR) is 109 cm³/mol. The van der Waals surface area contributed by atoms with Crippen molar-refractivity contribution in [2.24, 2.45) is 5.92 Å². The Morgan fingerprint density at radius 1 is 1.20 bits per heavy atom. The number of nitrogens with one attached hydrogen (secondary N) is 2. The van der Waals surface area contributed by atoms with E-state index < -0.39 is 11.6 Å². The molecule has 3 heterocycles. The highest BCUT2D eigenvalue weighted by Gasteiger charge is 2.52. The molecule has 1 aromatic heterocycles. The lowest BCUT2D eigenvalue weighted by atomic mass is 9.74. The Bertz CT molecular complexity index is 943. The van der Waals surface area contributed by atoms with Crippen LogP contribution in [-0.2, 0) is 22.4 Å². The highest BCUT2D eigenvalue weighted by molar-refractivity contribution is 6.07. The molecule has 0 radical (unpaired) electrons. The molecule has 158 valence electrons. The van der Waals surface area contributed by atoms with Crippen LogP contribution in [0.15, 0.2) is 34.9 Å². The number of aromatic nitrogens is 1. The number of likely N-dealkylation sites (tertiary alicyclic amines) is 1. The van der Waals surface area contributed by atoms with Gasteiger partial charge in [0.05, 0.1) is 12.1 Å². The maximum Gasteiger partial charge on any atom is 0.322 e. The quantitative estimate of drug-likeness (QED) is 0.733. The van der Waals surface area contributed by atoms with Crippen molar-refractivity contribution < 1.29 is 18.9 Å². The first-order valence-electron chi connectivity index (χ1n) is 10.3. The molecule has 2 saturated heterocycles. The maximum absolute atomic E-state index is 12.8. The molecular weight excluding hydrogens is 384 g/mol.